The molecule has 31 heavy (non-hydrogen) atoms. The number of rotatable bonds is 5. The molecule has 1 N–H and O–H groups in total. The second kappa shape index (κ2) is 9.86. The first kappa shape index (κ1) is 22.7. The van der Waals surface area contributed by atoms with Gasteiger partial charge < -0.3 is 14.4 Å². The van der Waals surface area contributed by atoms with E-state index in [9.17, 15) is 9.59 Å². The molecule has 0 atom stereocenters. The summed E-state index contributed by atoms with van der Waals surface area (Å²) in [5, 5.41) is 2.69. The molecule has 0 unspecified atom stereocenters. The number of likely N-dealkylation sites (tertiary alicyclic amines) is 1. The Labute approximate surface area is 184 Å². The lowest BCUT2D eigenvalue weighted by molar-refractivity contribution is 0.0635. The molecule has 166 valence electrons. The predicted octanol–water partition coefficient (Wildman–Crippen LogP) is 5.14. The van der Waals surface area contributed by atoms with Crippen molar-refractivity contribution in [1.29, 1.82) is 0 Å². The summed E-state index contributed by atoms with van der Waals surface area (Å²) in [5.41, 5.74) is 1.98. The van der Waals surface area contributed by atoms with Gasteiger partial charge in [-0.15, -0.1) is 0 Å². The molecule has 2 amide bonds. The summed E-state index contributed by atoms with van der Waals surface area (Å²) >= 11 is 0. The van der Waals surface area contributed by atoms with Crippen LogP contribution in [0.5, 0.6) is 5.75 Å². The first-order valence-corrected chi connectivity index (χ1v) is 10.8. The average molecular weight is 425 g/mol. The van der Waals surface area contributed by atoms with Crippen LogP contribution in [0.2, 0.25) is 0 Å². The van der Waals surface area contributed by atoms with E-state index in [2.05, 4.69) is 17.4 Å². The van der Waals surface area contributed by atoms with Gasteiger partial charge in [-0.3, -0.25) is 10.1 Å². The SMILES string of the molecule is COc1ccc(CC2CCN(C(=O)c3ccc(NC(=O)OC(C)(C)C)cc3)CC2)cc1. The highest BCUT2D eigenvalue weighted by Crippen LogP contribution is 2.24. The van der Waals surface area contributed by atoms with E-state index in [0.717, 1.165) is 38.1 Å². The van der Waals surface area contributed by atoms with E-state index in [1.807, 2.05) is 37.8 Å². The Morgan fingerprint density at radius 3 is 2.16 bits per heavy atom. The van der Waals surface area contributed by atoms with Crippen LogP contribution < -0.4 is 10.1 Å². The highest BCUT2D eigenvalue weighted by Gasteiger charge is 2.24. The molecule has 6 heteroatoms. The number of carbonyl (C=O) groups excluding carboxylic acids is 2. The maximum Gasteiger partial charge on any atom is 0.412 e. The third kappa shape index (κ3) is 6.74. The van der Waals surface area contributed by atoms with Gasteiger partial charge in [-0.1, -0.05) is 12.1 Å². The van der Waals surface area contributed by atoms with E-state index in [4.69, 9.17) is 9.47 Å². The van der Waals surface area contributed by atoms with Crippen molar-refractivity contribution >= 4 is 17.7 Å². The summed E-state index contributed by atoms with van der Waals surface area (Å²) in [6.45, 7) is 6.96. The summed E-state index contributed by atoms with van der Waals surface area (Å²) < 4.78 is 10.5. The number of anilines is 1. The normalized spacial score (nSPS) is 14.8. The summed E-state index contributed by atoms with van der Waals surface area (Å²) in [4.78, 5) is 26.6. The quantitative estimate of drug-likeness (QED) is 0.722. The fraction of sp³-hybridized carbons (Fsp3) is 0.440. The van der Waals surface area contributed by atoms with Crippen molar-refractivity contribution in [2.24, 2.45) is 5.92 Å². The fourth-order valence-corrected chi connectivity index (χ4v) is 3.74. The minimum atomic E-state index is -0.556. The van der Waals surface area contributed by atoms with Crippen LogP contribution in [0.1, 0.15) is 49.5 Å². The third-order valence-electron chi connectivity index (χ3n) is 5.36. The Morgan fingerprint density at radius 1 is 1.00 bits per heavy atom. The molecule has 1 aliphatic rings. The van der Waals surface area contributed by atoms with E-state index in [1.165, 1.54) is 5.56 Å². The van der Waals surface area contributed by atoms with Crippen molar-refractivity contribution in [3.63, 3.8) is 0 Å². The van der Waals surface area contributed by atoms with Gasteiger partial charge in [-0.2, -0.15) is 0 Å². The van der Waals surface area contributed by atoms with Gasteiger partial charge in [0.2, 0.25) is 0 Å². The second-order valence-electron chi connectivity index (χ2n) is 8.99. The van der Waals surface area contributed by atoms with E-state index in [-0.39, 0.29) is 5.91 Å². The van der Waals surface area contributed by atoms with E-state index < -0.39 is 11.7 Å². The lowest BCUT2D eigenvalue weighted by Crippen LogP contribution is -2.38. The molecule has 2 aromatic rings. The standard InChI is InChI=1S/C25H32N2O4/c1-25(2,3)31-24(29)26-21-9-7-20(8-10-21)23(28)27-15-13-19(14-16-27)17-18-5-11-22(30-4)12-6-18/h5-12,19H,13-17H2,1-4H3,(H,26,29). The molecule has 0 saturated carbocycles. The molecular weight excluding hydrogens is 392 g/mol. The van der Waals surface area contributed by atoms with Crippen LogP contribution in [0, 0.1) is 5.92 Å². The molecule has 0 aromatic heterocycles. The topological polar surface area (TPSA) is 67.9 Å². The zero-order valence-corrected chi connectivity index (χ0v) is 18.8. The molecule has 1 saturated heterocycles. The molecule has 1 aliphatic heterocycles. The van der Waals surface area contributed by atoms with Crippen molar-refractivity contribution < 1.29 is 19.1 Å². The molecule has 2 aromatic carbocycles. The van der Waals surface area contributed by atoms with Crippen LogP contribution in [0.15, 0.2) is 48.5 Å². The number of piperidine rings is 1. The summed E-state index contributed by atoms with van der Waals surface area (Å²) in [5.74, 6) is 1.49. The smallest absolute Gasteiger partial charge is 0.412 e. The predicted molar refractivity (Wildman–Crippen MR) is 122 cm³/mol. The number of hydrogen-bond acceptors (Lipinski definition) is 4. The van der Waals surface area contributed by atoms with Gasteiger partial charge >= 0.3 is 6.09 Å². The number of hydrogen-bond donors (Lipinski definition) is 1. The first-order valence-electron chi connectivity index (χ1n) is 10.8. The minimum Gasteiger partial charge on any atom is -0.497 e. The Kier molecular flexibility index (Phi) is 7.21. The Morgan fingerprint density at radius 2 is 1.61 bits per heavy atom. The Hall–Kier alpha value is -3.02. The van der Waals surface area contributed by atoms with Gasteiger partial charge in [0.15, 0.2) is 0 Å². The lowest BCUT2D eigenvalue weighted by atomic mass is 9.90. The highest BCUT2D eigenvalue weighted by molar-refractivity contribution is 5.95. The number of carbonyl (C=O) groups is 2. The van der Waals surface area contributed by atoms with Crippen molar-refractivity contribution in [2.45, 2.75) is 45.6 Å². The monoisotopic (exact) mass is 424 g/mol. The van der Waals surface area contributed by atoms with Gasteiger partial charge in [-0.25, -0.2) is 4.79 Å². The first-order chi connectivity index (χ1) is 14.7. The molecule has 3 rings (SSSR count). The zero-order chi connectivity index (χ0) is 22.4. The van der Waals surface area contributed by atoms with E-state index in [0.29, 0.717) is 17.2 Å². The maximum atomic E-state index is 12.9. The Balaban J connectivity index is 1.49. The van der Waals surface area contributed by atoms with Crippen LogP contribution >= 0.6 is 0 Å². The summed E-state index contributed by atoms with van der Waals surface area (Å²) in [6.07, 6.45) is 2.51. The number of nitrogens with one attached hydrogen (secondary N) is 1. The van der Waals surface area contributed by atoms with Crippen LogP contribution in [0.3, 0.4) is 0 Å². The molecule has 0 radical (unpaired) electrons. The second-order valence-corrected chi connectivity index (χ2v) is 8.99. The third-order valence-corrected chi connectivity index (χ3v) is 5.36. The number of nitrogens with zero attached hydrogens (tertiary/aromatic N) is 1. The molecular formula is C25H32N2O4. The zero-order valence-electron chi connectivity index (χ0n) is 18.8. The van der Waals surface area contributed by atoms with Crippen molar-refractivity contribution in [3.05, 3.63) is 59.7 Å². The van der Waals surface area contributed by atoms with Crippen molar-refractivity contribution in [3.8, 4) is 5.75 Å². The summed E-state index contributed by atoms with van der Waals surface area (Å²) in [7, 11) is 1.67. The van der Waals surface area contributed by atoms with Crippen molar-refractivity contribution in [2.75, 3.05) is 25.5 Å². The fourth-order valence-electron chi connectivity index (χ4n) is 3.74. The minimum absolute atomic E-state index is 0.0340. The van der Waals surface area contributed by atoms with Crippen LogP contribution in [-0.2, 0) is 11.2 Å². The number of methoxy groups -OCH3 is 1. The van der Waals surface area contributed by atoms with Crippen LogP contribution in [0.25, 0.3) is 0 Å². The van der Waals surface area contributed by atoms with Gasteiger partial charge in [0.25, 0.3) is 5.91 Å². The van der Waals surface area contributed by atoms with E-state index in [1.54, 1.807) is 31.4 Å². The lowest BCUT2D eigenvalue weighted by Gasteiger charge is -2.32. The molecule has 0 aliphatic carbocycles. The number of ether oxygens (including phenoxy) is 2. The maximum absolute atomic E-state index is 12.9. The summed E-state index contributed by atoms with van der Waals surface area (Å²) in [6, 6.07) is 15.2. The van der Waals surface area contributed by atoms with Gasteiger partial charge in [0, 0.05) is 24.3 Å². The molecule has 0 bridgehead atoms. The van der Waals surface area contributed by atoms with Crippen LogP contribution in [0.4, 0.5) is 10.5 Å². The molecule has 0 spiro atoms. The highest BCUT2D eigenvalue weighted by atomic mass is 16.6. The van der Waals surface area contributed by atoms with E-state index >= 15 is 0 Å². The number of amides is 2. The average Bonchev–Trinajstić information content (AvgIpc) is 2.73. The van der Waals surface area contributed by atoms with Crippen LogP contribution in [-0.4, -0.2) is 42.7 Å². The van der Waals surface area contributed by atoms with Gasteiger partial charge in [0.1, 0.15) is 11.4 Å². The van der Waals surface area contributed by atoms with Gasteiger partial charge in [-0.05, 0) is 87.9 Å². The number of benzene rings is 2. The molecule has 1 heterocycles. The Bertz CT molecular complexity index is 877. The molecule has 1 fully saturated rings. The molecule has 6 nitrogen and oxygen atoms in total. The van der Waals surface area contributed by atoms with Crippen molar-refractivity contribution in [1.82, 2.24) is 4.90 Å². The van der Waals surface area contributed by atoms with Gasteiger partial charge in [0.05, 0.1) is 7.11 Å². The largest absolute Gasteiger partial charge is 0.497 e.